The minimum atomic E-state index is -0.980. The molecular weight excluding hydrogens is 246 g/mol. The van der Waals surface area contributed by atoms with Gasteiger partial charge in [0.15, 0.2) is 5.82 Å². The Morgan fingerprint density at radius 3 is 2.47 bits per heavy atom. The molecule has 0 aliphatic carbocycles. The number of carboxylic acid groups (broad SMARTS) is 1. The van der Waals surface area contributed by atoms with Gasteiger partial charge in [-0.15, -0.1) is 5.10 Å². The number of nitrogens with one attached hydrogen (secondary N) is 1. The number of rotatable bonds is 8. The number of anilines is 1. The van der Waals surface area contributed by atoms with Crippen molar-refractivity contribution in [3.8, 4) is 0 Å². The molecule has 6 nitrogen and oxygen atoms in total. The smallest absolute Gasteiger partial charge is 0.339 e. The molecule has 0 saturated carbocycles. The minimum absolute atomic E-state index is 0.133. The van der Waals surface area contributed by atoms with Crippen LogP contribution in [0, 0.1) is 0 Å². The normalized spacial score (nSPS) is 10.5. The van der Waals surface area contributed by atoms with Gasteiger partial charge in [0.2, 0.25) is 0 Å². The third kappa shape index (κ3) is 3.89. The summed E-state index contributed by atoms with van der Waals surface area (Å²) in [6.45, 7) is 4.56. The number of aliphatic hydroxyl groups excluding tert-OH is 1. The lowest BCUT2D eigenvalue weighted by molar-refractivity contribution is 0.0696. The Morgan fingerprint density at radius 1 is 1.21 bits per heavy atom. The standard InChI is InChI=1S/C13H21N3O3/c1-3-9-10(4-2)15-16-12(11(9)13(18)19)14-7-5-6-8-17/h17H,3-8H2,1-2H3,(H,14,16)(H,18,19). The third-order valence-corrected chi connectivity index (χ3v) is 2.94. The first-order valence-corrected chi connectivity index (χ1v) is 6.62. The molecule has 0 bridgehead atoms. The molecule has 0 radical (unpaired) electrons. The molecule has 0 aliphatic heterocycles. The van der Waals surface area contributed by atoms with Crippen LogP contribution in [0.25, 0.3) is 0 Å². The van der Waals surface area contributed by atoms with Gasteiger partial charge in [0.05, 0.1) is 5.69 Å². The van der Waals surface area contributed by atoms with Crippen LogP contribution >= 0.6 is 0 Å². The first-order valence-electron chi connectivity index (χ1n) is 6.62. The van der Waals surface area contributed by atoms with Crippen LogP contribution in [-0.4, -0.2) is 39.5 Å². The van der Waals surface area contributed by atoms with E-state index in [4.69, 9.17) is 5.11 Å². The zero-order valence-corrected chi connectivity index (χ0v) is 11.4. The lowest BCUT2D eigenvalue weighted by Crippen LogP contribution is -2.16. The Bertz CT molecular complexity index is 435. The molecule has 1 rings (SSSR count). The second kappa shape index (κ2) is 7.68. The van der Waals surface area contributed by atoms with E-state index in [2.05, 4.69) is 15.5 Å². The summed E-state index contributed by atoms with van der Waals surface area (Å²) in [6, 6.07) is 0. The molecule has 6 heteroatoms. The number of unbranched alkanes of at least 4 members (excludes halogenated alkanes) is 1. The van der Waals surface area contributed by atoms with Crippen molar-refractivity contribution >= 4 is 11.8 Å². The van der Waals surface area contributed by atoms with E-state index >= 15 is 0 Å². The van der Waals surface area contributed by atoms with Gasteiger partial charge in [0.25, 0.3) is 0 Å². The highest BCUT2D eigenvalue weighted by Crippen LogP contribution is 2.20. The van der Waals surface area contributed by atoms with Crippen molar-refractivity contribution in [1.82, 2.24) is 10.2 Å². The quantitative estimate of drug-likeness (QED) is 0.617. The van der Waals surface area contributed by atoms with Gasteiger partial charge in [0, 0.05) is 13.2 Å². The fraction of sp³-hybridized carbons (Fsp3) is 0.615. The second-order valence-electron chi connectivity index (χ2n) is 4.22. The first kappa shape index (κ1) is 15.4. The van der Waals surface area contributed by atoms with E-state index in [-0.39, 0.29) is 12.2 Å². The molecule has 0 atom stereocenters. The average molecular weight is 267 g/mol. The predicted molar refractivity (Wildman–Crippen MR) is 72.6 cm³/mol. The van der Waals surface area contributed by atoms with Crippen LogP contribution in [0.15, 0.2) is 0 Å². The average Bonchev–Trinajstić information content (AvgIpc) is 2.42. The molecule has 3 N–H and O–H groups in total. The lowest BCUT2D eigenvalue weighted by atomic mass is 10.0. The van der Waals surface area contributed by atoms with Gasteiger partial charge in [-0.1, -0.05) is 13.8 Å². The van der Waals surface area contributed by atoms with E-state index in [9.17, 15) is 9.90 Å². The van der Waals surface area contributed by atoms with E-state index < -0.39 is 5.97 Å². The molecule has 106 valence electrons. The molecule has 0 unspecified atom stereocenters. The van der Waals surface area contributed by atoms with Crippen LogP contribution in [-0.2, 0) is 12.8 Å². The van der Waals surface area contributed by atoms with Crippen molar-refractivity contribution in [1.29, 1.82) is 0 Å². The van der Waals surface area contributed by atoms with Gasteiger partial charge >= 0.3 is 5.97 Å². The SMILES string of the molecule is CCc1nnc(NCCCCO)c(C(=O)O)c1CC. The summed E-state index contributed by atoms with van der Waals surface area (Å²) < 4.78 is 0. The number of aliphatic hydroxyl groups is 1. The van der Waals surface area contributed by atoms with Gasteiger partial charge in [0.1, 0.15) is 5.56 Å². The fourth-order valence-electron chi connectivity index (χ4n) is 1.97. The molecule has 0 saturated heterocycles. The highest BCUT2D eigenvalue weighted by Gasteiger charge is 2.19. The summed E-state index contributed by atoms with van der Waals surface area (Å²) in [5, 5.41) is 29.1. The van der Waals surface area contributed by atoms with Crippen molar-refractivity contribution in [3.05, 3.63) is 16.8 Å². The van der Waals surface area contributed by atoms with Crippen molar-refractivity contribution in [2.24, 2.45) is 0 Å². The van der Waals surface area contributed by atoms with Gasteiger partial charge in [-0.3, -0.25) is 0 Å². The Balaban J connectivity index is 3.00. The summed E-state index contributed by atoms with van der Waals surface area (Å²) >= 11 is 0. The maximum atomic E-state index is 11.4. The van der Waals surface area contributed by atoms with E-state index in [0.717, 1.165) is 17.7 Å². The van der Waals surface area contributed by atoms with Gasteiger partial charge in [-0.25, -0.2) is 4.79 Å². The minimum Gasteiger partial charge on any atom is -0.478 e. The van der Waals surface area contributed by atoms with Gasteiger partial charge < -0.3 is 15.5 Å². The van der Waals surface area contributed by atoms with E-state index in [1.165, 1.54) is 0 Å². The summed E-state index contributed by atoms with van der Waals surface area (Å²) in [5.74, 6) is -0.661. The van der Waals surface area contributed by atoms with Crippen LogP contribution < -0.4 is 5.32 Å². The van der Waals surface area contributed by atoms with Crippen LogP contribution in [0.5, 0.6) is 0 Å². The van der Waals surface area contributed by atoms with E-state index in [1.54, 1.807) is 0 Å². The van der Waals surface area contributed by atoms with Crippen molar-refractivity contribution in [3.63, 3.8) is 0 Å². The molecule has 0 aromatic carbocycles. The molecule has 0 amide bonds. The van der Waals surface area contributed by atoms with E-state index in [0.29, 0.717) is 31.6 Å². The maximum Gasteiger partial charge on any atom is 0.339 e. The summed E-state index contributed by atoms with van der Waals surface area (Å²) in [4.78, 5) is 11.4. The van der Waals surface area contributed by atoms with Gasteiger partial charge in [-0.2, -0.15) is 5.10 Å². The fourth-order valence-corrected chi connectivity index (χ4v) is 1.97. The molecule has 1 heterocycles. The Kier molecular flexibility index (Phi) is 6.21. The highest BCUT2D eigenvalue weighted by molar-refractivity contribution is 5.95. The summed E-state index contributed by atoms with van der Waals surface area (Å²) in [5.41, 5.74) is 1.70. The molecule has 1 aromatic heterocycles. The number of hydrogen-bond acceptors (Lipinski definition) is 5. The summed E-state index contributed by atoms with van der Waals surface area (Å²) in [6.07, 6.45) is 2.72. The number of aryl methyl sites for hydroxylation is 1. The van der Waals surface area contributed by atoms with Crippen molar-refractivity contribution < 1.29 is 15.0 Å². The van der Waals surface area contributed by atoms with Crippen molar-refractivity contribution in [2.45, 2.75) is 39.5 Å². The Labute approximate surface area is 112 Å². The monoisotopic (exact) mass is 267 g/mol. The number of hydrogen-bond donors (Lipinski definition) is 3. The topological polar surface area (TPSA) is 95.3 Å². The number of nitrogens with zero attached hydrogens (tertiary/aromatic N) is 2. The van der Waals surface area contributed by atoms with E-state index in [1.807, 2.05) is 13.8 Å². The molecule has 1 aromatic rings. The van der Waals surface area contributed by atoms with Crippen LogP contribution in [0.4, 0.5) is 5.82 Å². The highest BCUT2D eigenvalue weighted by atomic mass is 16.4. The molecular formula is C13H21N3O3. The number of aromatic nitrogens is 2. The first-order chi connectivity index (χ1) is 9.15. The number of carbonyl (C=O) groups is 1. The Hall–Kier alpha value is -1.69. The largest absolute Gasteiger partial charge is 0.478 e. The molecule has 19 heavy (non-hydrogen) atoms. The zero-order chi connectivity index (χ0) is 14.3. The number of carboxylic acids is 1. The zero-order valence-electron chi connectivity index (χ0n) is 11.4. The molecule has 0 fully saturated rings. The van der Waals surface area contributed by atoms with Gasteiger partial charge in [-0.05, 0) is 31.2 Å². The number of aromatic carboxylic acids is 1. The lowest BCUT2D eigenvalue weighted by Gasteiger charge is -2.13. The van der Waals surface area contributed by atoms with Crippen LogP contribution in [0.3, 0.4) is 0 Å². The second-order valence-corrected chi connectivity index (χ2v) is 4.22. The van der Waals surface area contributed by atoms with Crippen LogP contribution in [0.2, 0.25) is 0 Å². The van der Waals surface area contributed by atoms with Crippen molar-refractivity contribution in [2.75, 3.05) is 18.5 Å². The molecule has 0 spiro atoms. The third-order valence-electron chi connectivity index (χ3n) is 2.94. The summed E-state index contributed by atoms with van der Waals surface area (Å²) in [7, 11) is 0. The molecule has 0 aliphatic rings. The Morgan fingerprint density at radius 2 is 1.95 bits per heavy atom. The maximum absolute atomic E-state index is 11.4. The van der Waals surface area contributed by atoms with Crippen LogP contribution in [0.1, 0.15) is 48.3 Å². The predicted octanol–water partition coefficient (Wildman–Crippen LogP) is 1.48.